The topological polar surface area (TPSA) is 51.3 Å². The Balaban J connectivity index is 2.57. The maximum atomic E-state index is 11.9. The van der Waals surface area contributed by atoms with Crippen LogP contribution in [0.2, 0.25) is 24.7 Å². The number of pyridine rings is 1. The lowest BCUT2D eigenvalue weighted by atomic mass is 9.80. The molecule has 0 radical (unpaired) electrons. The Hall–Kier alpha value is -0.558. The van der Waals surface area contributed by atoms with Gasteiger partial charge >= 0.3 is 7.12 Å². The normalized spacial score (nSPS) is 20.9. The van der Waals surface area contributed by atoms with E-state index in [1.165, 1.54) is 0 Å². The summed E-state index contributed by atoms with van der Waals surface area (Å²) in [5, 5.41) is 1.17. The molecule has 1 aliphatic rings. The van der Waals surface area contributed by atoms with Crippen LogP contribution in [0, 0.1) is 0 Å². The van der Waals surface area contributed by atoms with Crippen LogP contribution in [0.15, 0.2) is 11.0 Å². The maximum Gasteiger partial charge on any atom is 0.496 e. The van der Waals surface area contributed by atoms with Gasteiger partial charge in [-0.2, -0.15) is 0 Å². The van der Waals surface area contributed by atoms with Gasteiger partial charge in [0.2, 0.25) is 0 Å². The number of nitrogens with one attached hydrogen (secondary N) is 1. The highest BCUT2D eigenvalue weighted by atomic mass is 35.5. The van der Waals surface area contributed by atoms with E-state index in [4.69, 9.17) is 20.9 Å². The van der Waals surface area contributed by atoms with Crippen molar-refractivity contribution in [2.45, 2.75) is 58.5 Å². The second-order valence-electron chi connectivity index (χ2n) is 7.60. The van der Waals surface area contributed by atoms with E-state index in [1.54, 1.807) is 6.20 Å². The van der Waals surface area contributed by atoms with Crippen molar-refractivity contribution in [3.05, 3.63) is 21.6 Å². The molecule has 1 aliphatic heterocycles. The first kappa shape index (κ1) is 16.8. The maximum absolute atomic E-state index is 11.9. The van der Waals surface area contributed by atoms with Crippen LogP contribution in [0.4, 0.5) is 0 Å². The third kappa shape index (κ3) is 2.86. The summed E-state index contributed by atoms with van der Waals surface area (Å²) in [7, 11) is -2.33. The summed E-state index contributed by atoms with van der Waals surface area (Å²) >= 11 is 6.28. The fourth-order valence-corrected chi connectivity index (χ4v) is 5.28. The number of aromatic nitrogens is 1. The quantitative estimate of drug-likeness (QED) is 0.844. The van der Waals surface area contributed by atoms with Crippen LogP contribution in [0.25, 0.3) is 0 Å². The Morgan fingerprint density at radius 3 is 2.05 bits per heavy atom. The molecule has 1 N–H and O–H groups in total. The van der Waals surface area contributed by atoms with Crippen molar-refractivity contribution in [3.8, 4) is 0 Å². The van der Waals surface area contributed by atoms with Crippen molar-refractivity contribution in [2.75, 3.05) is 0 Å². The van der Waals surface area contributed by atoms with Gasteiger partial charge in [0.05, 0.1) is 19.3 Å². The fourth-order valence-electron chi connectivity index (χ4n) is 2.44. The standard InChI is InChI=1S/C14H23BClNO3Si/c1-13(2)14(3,4)20-15(19-13)9-8-17-12(18)10(16)11(9)21(5,6)7/h8H,1-7H3,(H,17,18). The first-order valence-corrected chi connectivity index (χ1v) is 11.0. The molecule has 1 aromatic rings. The summed E-state index contributed by atoms with van der Waals surface area (Å²) in [5.74, 6) is 0. The van der Waals surface area contributed by atoms with E-state index < -0.39 is 26.4 Å². The zero-order valence-corrected chi connectivity index (χ0v) is 15.5. The lowest BCUT2D eigenvalue weighted by molar-refractivity contribution is 0.00578. The molecule has 4 nitrogen and oxygen atoms in total. The van der Waals surface area contributed by atoms with Gasteiger partial charge in [-0.1, -0.05) is 31.2 Å². The third-order valence-corrected chi connectivity index (χ3v) is 6.88. The molecule has 0 bridgehead atoms. The van der Waals surface area contributed by atoms with E-state index >= 15 is 0 Å². The van der Waals surface area contributed by atoms with Crippen molar-refractivity contribution in [1.29, 1.82) is 0 Å². The molecular weight excluding hydrogens is 305 g/mol. The van der Waals surface area contributed by atoms with Crippen LogP contribution in [0.1, 0.15) is 27.7 Å². The van der Waals surface area contributed by atoms with E-state index in [1.807, 2.05) is 27.7 Å². The minimum atomic E-state index is -1.83. The van der Waals surface area contributed by atoms with Crippen molar-refractivity contribution < 1.29 is 9.31 Å². The molecule has 1 aromatic heterocycles. The number of H-pyrrole nitrogens is 1. The lowest BCUT2D eigenvalue weighted by Crippen LogP contribution is -2.56. The first-order valence-electron chi connectivity index (χ1n) is 7.14. The van der Waals surface area contributed by atoms with Gasteiger partial charge in [-0.3, -0.25) is 4.79 Å². The predicted molar refractivity (Wildman–Crippen MR) is 90.8 cm³/mol. The third-order valence-electron chi connectivity index (χ3n) is 4.32. The van der Waals surface area contributed by atoms with E-state index in [9.17, 15) is 4.79 Å². The lowest BCUT2D eigenvalue weighted by Gasteiger charge is -2.32. The molecule has 0 saturated carbocycles. The molecule has 1 saturated heterocycles. The van der Waals surface area contributed by atoms with Crippen molar-refractivity contribution >= 4 is 37.4 Å². The average molecular weight is 328 g/mol. The number of hydrogen-bond donors (Lipinski definition) is 1. The molecule has 0 aliphatic carbocycles. The van der Waals surface area contributed by atoms with E-state index in [-0.39, 0.29) is 10.6 Å². The summed E-state index contributed by atoms with van der Waals surface area (Å²) in [6.45, 7) is 14.5. The van der Waals surface area contributed by atoms with Crippen LogP contribution < -0.4 is 16.2 Å². The summed E-state index contributed by atoms with van der Waals surface area (Å²) in [6, 6.07) is 0. The van der Waals surface area contributed by atoms with Crippen molar-refractivity contribution in [3.63, 3.8) is 0 Å². The highest BCUT2D eigenvalue weighted by molar-refractivity contribution is 6.93. The molecule has 0 amide bonds. The van der Waals surface area contributed by atoms with Crippen LogP contribution in [0.5, 0.6) is 0 Å². The van der Waals surface area contributed by atoms with Crippen LogP contribution in [0.3, 0.4) is 0 Å². The SMILES string of the molecule is CC1(C)OB(c2c[nH]c(=O)c(Cl)c2[Si](C)(C)C)OC1(C)C. The minimum Gasteiger partial charge on any atom is -0.399 e. The Bertz CT molecular complexity index is 606. The Labute approximate surface area is 132 Å². The van der Waals surface area contributed by atoms with Crippen molar-refractivity contribution in [2.24, 2.45) is 0 Å². The highest BCUT2D eigenvalue weighted by Crippen LogP contribution is 2.36. The van der Waals surface area contributed by atoms with Gasteiger partial charge < -0.3 is 14.3 Å². The van der Waals surface area contributed by atoms with Gasteiger partial charge in [-0.05, 0) is 38.3 Å². The molecule has 2 rings (SSSR count). The Kier molecular flexibility index (Phi) is 3.98. The molecule has 116 valence electrons. The second kappa shape index (κ2) is 4.98. The highest BCUT2D eigenvalue weighted by Gasteiger charge is 2.53. The molecule has 0 spiro atoms. The van der Waals surface area contributed by atoms with Gasteiger partial charge in [0.25, 0.3) is 5.56 Å². The van der Waals surface area contributed by atoms with Crippen LogP contribution in [-0.4, -0.2) is 31.4 Å². The molecule has 0 unspecified atom stereocenters. The number of rotatable bonds is 2. The summed E-state index contributed by atoms with van der Waals surface area (Å²) in [6.07, 6.45) is 1.68. The molecule has 0 aromatic carbocycles. The van der Waals surface area contributed by atoms with Gasteiger partial charge in [0, 0.05) is 6.20 Å². The van der Waals surface area contributed by atoms with Gasteiger partial charge in [0.1, 0.15) is 5.02 Å². The molecule has 21 heavy (non-hydrogen) atoms. The predicted octanol–water partition coefficient (Wildman–Crippen LogP) is 1.87. The molecule has 0 atom stereocenters. The van der Waals surface area contributed by atoms with E-state index in [2.05, 4.69) is 24.6 Å². The summed E-state index contributed by atoms with van der Waals surface area (Å²) in [4.78, 5) is 14.5. The zero-order chi connectivity index (χ0) is 16.2. The largest absolute Gasteiger partial charge is 0.496 e. The van der Waals surface area contributed by atoms with Crippen LogP contribution in [-0.2, 0) is 9.31 Å². The number of halogens is 1. The fraction of sp³-hybridized carbons (Fsp3) is 0.643. The zero-order valence-electron chi connectivity index (χ0n) is 13.8. The monoisotopic (exact) mass is 327 g/mol. The number of aromatic amines is 1. The number of hydrogen-bond acceptors (Lipinski definition) is 3. The Morgan fingerprint density at radius 2 is 1.62 bits per heavy atom. The summed E-state index contributed by atoms with van der Waals surface area (Å²) in [5.41, 5.74) is -0.250. The first-order chi connectivity index (χ1) is 9.37. The minimum absolute atomic E-state index is 0.255. The van der Waals surface area contributed by atoms with E-state index in [0.717, 1.165) is 10.6 Å². The molecule has 1 fully saturated rings. The van der Waals surface area contributed by atoms with Crippen LogP contribution >= 0.6 is 11.6 Å². The Morgan fingerprint density at radius 1 is 1.14 bits per heavy atom. The second-order valence-corrected chi connectivity index (χ2v) is 13.0. The van der Waals surface area contributed by atoms with Gasteiger partial charge in [0.15, 0.2) is 0 Å². The van der Waals surface area contributed by atoms with Gasteiger partial charge in [-0.15, -0.1) is 0 Å². The molecule has 2 heterocycles. The molecule has 7 heteroatoms. The summed E-state index contributed by atoms with van der Waals surface area (Å²) < 4.78 is 12.2. The van der Waals surface area contributed by atoms with Gasteiger partial charge in [-0.25, -0.2) is 0 Å². The molecular formula is C14H23BClNO3Si. The average Bonchev–Trinajstić information content (AvgIpc) is 2.50. The van der Waals surface area contributed by atoms with Crippen molar-refractivity contribution in [1.82, 2.24) is 4.98 Å². The van der Waals surface area contributed by atoms with E-state index in [0.29, 0.717) is 0 Å². The smallest absolute Gasteiger partial charge is 0.399 e.